The van der Waals surface area contributed by atoms with Crippen molar-refractivity contribution < 1.29 is 32.6 Å². The van der Waals surface area contributed by atoms with Crippen molar-refractivity contribution in [3.05, 3.63) is 88.7 Å². The second-order valence-corrected chi connectivity index (χ2v) is 15.9. The summed E-state index contributed by atoms with van der Waals surface area (Å²) in [6.07, 6.45) is 7.51. The summed E-state index contributed by atoms with van der Waals surface area (Å²) in [5, 5.41) is 6.13. The average molecular weight is 754 g/mol. The Bertz CT molecular complexity index is 2250. The quantitative estimate of drug-likeness (QED) is 0.166. The molecule has 3 saturated heterocycles. The highest BCUT2D eigenvalue weighted by Crippen LogP contribution is 2.60. The molecule has 3 fully saturated rings. The van der Waals surface area contributed by atoms with Gasteiger partial charge in [0.15, 0.2) is 5.79 Å². The topological polar surface area (TPSA) is 146 Å². The number of aromatic nitrogens is 4. The molecule has 4 N–H and O–H groups in total. The zero-order chi connectivity index (χ0) is 38.3. The number of H-pyrrole nitrogens is 2. The van der Waals surface area contributed by atoms with E-state index in [1.54, 1.807) is 29.3 Å². The standard InChI is InChI=1S/C41H45F2N7O5/c1-22(2)34(49-38(52)53-4)37(51)50-21-40(54-14-15-55-40)19-32(50)36-45-20-31(48-36)25-7-9-26-27(16-25)41(42,43)33-18-24(11-12-39(26,33)3)23-8-10-28-30(17-23)47-35(46-28)29-6-5-13-44-29/h7-11,16-18,20,22,29,32,34,44H,5-6,12-15,19,21H2,1-4H3,(H,45,48)(H,46,47)(H,49,52)/t29-,32+,34-,39?/m0/s1. The molecule has 4 atom stereocenters. The fourth-order valence-electron chi connectivity index (χ4n) is 9.13. The summed E-state index contributed by atoms with van der Waals surface area (Å²) in [6, 6.07) is 9.88. The van der Waals surface area contributed by atoms with Crippen LogP contribution in [0.4, 0.5) is 13.6 Å². The van der Waals surface area contributed by atoms with Crippen molar-refractivity contribution in [1.82, 2.24) is 35.5 Å². The normalized spacial score (nSPS) is 25.6. The van der Waals surface area contributed by atoms with E-state index < -0.39 is 35.3 Å². The number of aromatic amines is 2. The maximum Gasteiger partial charge on any atom is 0.407 e. The first-order valence-corrected chi connectivity index (χ1v) is 19.1. The summed E-state index contributed by atoms with van der Waals surface area (Å²) in [5.41, 5.74) is 4.25. The van der Waals surface area contributed by atoms with E-state index in [4.69, 9.17) is 19.2 Å². The third kappa shape index (κ3) is 5.87. The van der Waals surface area contributed by atoms with E-state index >= 15 is 8.78 Å². The third-order valence-electron chi connectivity index (χ3n) is 12.1. The predicted octanol–water partition coefficient (Wildman–Crippen LogP) is 6.55. The molecule has 0 bridgehead atoms. The van der Waals surface area contributed by atoms with Gasteiger partial charge in [-0.05, 0) is 72.7 Å². The van der Waals surface area contributed by atoms with Crippen LogP contribution in [0.1, 0.15) is 86.9 Å². The first-order chi connectivity index (χ1) is 26.4. The number of amides is 2. The molecule has 2 aromatic heterocycles. The molecule has 14 heteroatoms. The lowest BCUT2D eigenvalue weighted by atomic mass is 9.73. The second kappa shape index (κ2) is 13.1. The number of ether oxygens (including phenoxy) is 3. The number of benzene rings is 2. The molecule has 4 aromatic rings. The van der Waals surface area contributed by atoms with Crippen molar-refractivity contribution in [1.29, 1.82) is 0 Å². The Balaban J connectivity index is 0.998. The molecular formula is C41H45F2N7O5. The van der Waals surface area contributed by atoms with Crippen molar-refractivity contribution in [2.45, 2.75) is 81.7 Å². The molecule has 2 amide bonds. The number of likely N-dealkylation sites (tertiary alicyclic amines) is 1. The summed E-state index contributed by atoms with van der Waals surface area (Å²) in [5.74, 6) is -3.42. The van der Waals surface area contributed by atoms with E-state index in [2.05, 4.69) is 31.7 Å². The molecule has 2 aliphatic carbocycles. The lowest BCUT2D eigenvalue weighted by molar-refractivity contribution is -0.153. The zero-order valence-corrected chi connectivity index (χ0v) is 31.3. The molecule has 3 aliphatic heterocycles. The van der Waals surface area contributed by atoms with Crippen molar-refractivity contribution in [3.63, 3.8) is 0 Å². The van der Waals surface area contributed by atoms with Gasteiger partial charge in [0.05, 0.1) is 61.9 Å². The highest BCUT2D eigenvalue weighted by atomic mass is 19.3. The van der Waals surface area contributed by atoms with Crippen LogP contribution < -0.4 is 10.6 Å². The summed E-state index contributed by atoms with van der Waals surface area (Å²) < 4.78 is 50.2. The number of carbonyl (C=O) groups excluding carboxylic acids is 2. The van der Waals surface area contributed by atoms with Crippen molar-refractivity contribution in [2.24, 2.45) is 5.92 Å². The molecule has 0 radical (unpaired) electrons. The lowest BCUT2D eigenvalue weighted by Gasteiger charge is -2.31. The van der Waals surface area contributed by atoms with Crippen LogP contribution in [0.25, 0.3) is 27.9 Å². The molecule has 2 aromatic carbocycles. The van der Waals surface area contributed by atoms with Gasteiger partial charge in [0.25, 0.3) is 5.92 Å². The number of rotatable bonds is 7. The number of carbonyl (C=O) groups is 2. The van der Waals surface area contributed by atoms with Crippen LogP contribution >= 0.6 is 0 Å². The largest absolute Gasteiger partial charge is 0.453 e. The molecule has 1 unspecified atom stereocenters. The number of allylic oxidation sites excluding steroid dienone is 4. The van der Waals surface area contributed by atoms with Gasteiger partial charge in [0.2, 0.25) is 5.91 Å². The molecule has 12 nitrogen and oxygen atoms in total. The Hall–Kier alpha value is -4.92. The smallest absolute Gasteiger partial charge is 0.407 e. The molecule has 5 heterocycles. The monoisotopic (exact) mass is 753 g/mol. The maximum absolute atomic E-state index is 16.7. The van der Waals surface area contributed by atoms with E-state index in [-0.39, 0.29) is 35.5 Å². The Morgan fingerprint density at radius 3 is 2.60 bits per heavy atom. The van der Waals surface area contributed by atoms with Crippen LogP contribution in [0.15, 0.2) is 60.3 Å². The number of nitrogens with zero attached hydrogens (tertiary/aromatic N) is 3. The molecule has 9 rings (SSSR count). The molecule has 1 spiro atoms. The first kappa shape index (κ1) is 35.8. The highest BCUT2D eigenvalue weighted by molar-refractivity contribution is 5.87. The number of nitrogens with one attached hydrogen (secondary N) is 4. The van der Waals surface area contributed by atoms with Gasteiger partial charge < -0.3 is 39.7 Å². The van der Waals surface area contributed by atoms with Crippen molar-refractivity contribution >= 4 is 28.6 Å². The minimum Gasteiger partial charge on any atom is -0.453 e. The fourth-order valence-corrected chi connectivity index (χ4v) is 9.13. The van der Waals surface area contributed by atoms with Crippen LogP contribution in [0, 0.1) is 5.92 Å². The Kier molecular flexibility index (Phi) is 8.51. The summed E-state index contributed by atoms with van der Waals surface area (Å²) in [7, 11) is 1.25. The average Bonchev–Trinajstić information content (AvgIpc) is 4.04. The molecule has 288 valence electrons. The number of fused-ring (bicyclic) bond motifs is 4. The van der Waals surface area contributed by atoms with E-state index in [1.165, 1.54) is 7.11 Å². The minimum atomic E-state index is -3.21. The van der Waals surface area contributed by atoms with Crippen molar-refractivity contribution in [2.75, 3.05) is 33.4 Å². The van der Waals surface area contributed by atoms with E-state index in [0.29, 0.717) is 48.7 Å². The maximum atomic E-state index is 16.7. The second-order valence-electron chi connectivity index (χ2n) is 15.9. The Morgan fingerprint density at radius 2 is 1.85 bits per heavy atom. The Labute approximate surface area is 317 Å². The van der Waals surface area contributed by atoms with Gasteiger partial charge in [0, 0.05) is 28.5 Å². The molecule has 5 aliphatic rings. The highest BCUT2D eigenvalue weighted by Gasteiger charge is 2.57. The summed E-state index contributed by atoms with van der Waals surface area (Å²) >= 11 is 0. The predicted molar refractivity (Wildman–Crippen MR) is 200 cm³/mol. The zero-order valence-electron chi connectivity index (χ0n) is 31.3. The van der Waals surface area contributed by atoms with Crippen LogP contribution in [0.2, 0.25) is 0 Å². The minimum absolute atomic E-state index is 0.0275. The van der Waals surface area contributed by atoms with Gasteiger partial charge >= 0.3 is 6.09 Å². The van der Waals surface area contributed by atoms with E-state index in [0.717, 1.165) is 47.4 Å². The number of imidazole rings is 2. The van der Waals surface area contributed by atoms with Crippen molar-refractivity contribution in [3.8, 4) is 11.3 Å². The van der Waals surface area contributed by atoms with Gasteiger partial charge in [-0.2, -0.15) is 8.78 Å². The number of hydrogen-bond donors (Lipinski definition) is 4. The number of hydrogen-bond acceptors (Lipinski definition) is 8. The van der Waals surface area contributed by atoms with E-state index in [9.17, 15) is 9.59 Å². The summed E-state index contributed by atoms with van der Waals surface area (Å²) in [4.78, 5) is 44.0. The molecule has 55 heavy (non-hydrogen) atoms. The van der Waals surface area contributed by atoms with Crippen LogP contribution in [0.3, 0.4) is 0 Å². The Morgan fingerprint density at radius 1 is 1.05 bits per heavy atom. The molecule has 0 saturated carbocycles. The third-order valence-corrected chi connectivity index (χ3v) is 12.1. The molecular weight excluding hydrogens is 708 g/mol. The fraction of sp³-hybridized carbons (Fsp3) is 0.463. The van der Waals surface area contributed by atoms with Gasteiger partial charge in [-0.3, -0.25) is 4.79 Å². The van der Waals surface area contributed by atoms with Crippen LogP contribution in [-0.2, 0) is 30.3 Å². The number of alkyl carbamates (subject to hydrolysis) is 1. The SMILES string of the molecule is COC(=O)N[C@H](C(=O)N1CC2(C[C@@H]1c1ncc(-c3ccc4c(c3)C(F)(F)C3=CC(c5ccc6nc([C@@H]7CCCN7)[nH]c6c5)=CCC34C)[nH]1)OCCO2)C(C)C. The van der Waals surface area contributed by atoms with Gasteiger partial charge in [0.1, 0.15) is 17.7 Å². The lowest BCUT2D eigenvalue weighted by Crippen LogP contribution is -2.52. The van der Waals surface area contributed by atoms with E-state index in [1.807, 2.05) is 45.0 Å². The summed E-state index contributed by atoms with van der Waals surface area (Å²) in [6.45, 7) is 7.46. The van der Waals surface area contributed by atoms with Crippen LogP contribution in [0.5, 0.6) is 0 Å². The van der Waals surface area contributed by atoms with Gasteiger partial charge in [-0.25, -0.2) is 14.8 Å². The number of halogens is 2. The number of alkyl halides is 2. The number of methoxy groups -OCH3 is 1. The first-order valence-electron chi connectivity index (χ1n) is 19.1. The van der Waals surface area contributed by atoms with Gasteiger partial charge in [-0.15, -0.1) is 0 Å². The van der Waals surface area contributed by atoms with Gasteiger partial charge in [-0.1, -0.05) is 45.0 Å². The van der Waals surface area contributed by atoms with Crippen LogP contribution in [-0.4, -0.2) is 82.1 Å².